The number of benzene rings is 8. The molecule has 0 spiro atoms. The van der Waals surface area contributed by atoms with Crippen molar-refractivity contribution in [1.29, 1.82) is 0 Å². The molecular formula is C45H29N3. The van der Waals surface area contributed by atoms with E-state index in [1.54, 1.807) is 0 Å². The molecule has 2 aromatic heterocycles. The molecule has 0 saturated carbocycles. The third-order valence-corrected chi connectivity index (χ3v) is 9.72. The van der Waals surface area contributed by atoms with Crippen LogP contribution in [0.25, 0.3) is 88.6 Å². The minimum atomic E-state index is 0.945. The van der Waals surface area contributed by atoms with Crippen molar-refractivity contribution in [3.05, 3.63) is 176 Å². The Balaban J connectivity index is 1.11. The van der Waals surface area contributed by atoms with Crippen LogP contribution in [0, 0.1) is 0 Å². The quantitative estimate of drug-likeness (QED) is 0.178. The topological polar surface area (TPSA) is 22.8 Å². The number of hydrogen-bond donors (Lipinski definition) is 0. The lowest BCUT2D eigenvalue weighted by atomic mass is 9.94. The van der Waals surface area contributed by atoms with E-state index in [0.717, 1.165) is 28.1 Å². The van der Waals surface area contributed by atoms with E-state index in [0.29, 0.717) is 0 Å². The third kappa shape index (κ3) is 4.04. The standard InChI is InChI=1S/C45H29N3/c1-3-10-30(11-4-1)31-18-23-35(24-19-31)47-41-17-9-14-33-22-27-38-37(28-29-42(47)44(38)43(33)41)32-20-25-36(26-21-32)48-40-16-8-7-15-39(40)46-45(48)34-12-5-2-6-13-34/h1-29H. The normalized spacial score (nSPS) is 11.8. The molecule has 224 valence electrons. The Morgan fingerprint density at radius 3 is 1.73 bits per heavy atom. The molecule has 48 heavy (non-hydrogen) atoms. The van der Waals surface area contributed by atoms with Crippen molar-refractivity contribution >= 4 is 43.6 Å². The van der Waals surface area contributed by atoms with Gasteiger partial charge in [0.1, 0.15) is 5.82 Å². The second-order valence-electron chi connectivity index (χ2n) is 12.4. The van der Waals surface area contributed by atoms with E-state index in [4.69, 9.17) is 4.98 Å². The van der Waals surface area contributed by atoms with Crippen LogP contribution >= 0.6 is 0 Å². The fraction of sp³-hybridized carbons (Fsp3) is 0. The predicted molar refractivity (Wildman–Crippen MR) is 200 cm³/mol. The molecule has 10 aromatic rings. The first kappa shape index (κ1) is 26.7. The van der Waals surface area contributed by atoms with Gasteiger partial charge in [-0.05, 0) is 81.6 Å². The summed E-state index contributed by atoms with van der Waals surface area (Å²) in [4.78, 5) is 5.04. The zero-order chi connectivity index (χ0) is 31.6. The lowest BCUT2D eigenvalue weighted by molar-refractivity contribution is 1.10. The molecule has 0 fully saturated rings. The molecule has 0 radical (unpaired) electrons. The van der Waals surface area contributed by atoms with E-state index in [1.165, 1.54) is 60.5 Å². The molecule has 0 aliphatic carbocycles. The second-order valence-corrected chi connectivity index (χ2v) is 12.4. The smallest absolute Gasteiger partial charge is 0.145 e. The Morgan fingerprint density at radius 1 is 0.354 bits per heavy atom. The van der Waals surface area contributed by atoms with Crippen molar-refractivity contribution in [3.63, 3.8) is 0 Å². The van der Waals surface area contributed by atoms with Gasteiger partial charge < -0.3 is 4.57 Å². The molecule has 0 amide bonds. The molecule has 0 aliphatic rings. The van der Waals surface area contributed by atoms with E-state index in [-0.39, 0.29) is 0 Å². The van der Waals surface area contributed by atoms with E-state index < -0.39 is 0 Å². The summed E-state index contributed by atoms with van der Waals surface area (Å²) in [7, 11) is 0. The van der Waals surface area contributed by atoms with Crippen LogP contribution in [0.5, 0.6) is 0 Å². The summed E-state index contributed by atoms with van der Waals surface area (Å²) >= 11 is 0. The molecule has 0 saturated heterocycles. The summed E-state index contributed by atoms with van der Waals surface area (Å²) < 4.78 is 4.69. The maximum absolute atomic E-state index is 5.04. The molecule has 3 nitrogen and oxygen atoms in total. The summed E-state index contributed by atoms with van der Waals surface area (Å²) in [5.41, 5.74) is 12.8. The third-order valence-electron chi connectivity index (χ3n) is 9.72. The molecular weight excluding hydrogens is 583 g/mol. The molecule has 0 unspecified atom stereocenters. The first-order chi connectivity index (χ1) is 23.8. The van der Waals surface area contributed by atoms with Gasteiger partial charge in [0.05, 0.1) is 22.1 Å². The summed E-state index contributed by atoms with van der Waals surface area (Å²) in [6.07, 6.45) is 0. The predicted octanol–water partition coefficient (Wildman–Crippen LogP) is 11.7. The van der Waals surface area contributed by atoms with Crippen molar-refractivity contribution < 1.29 is 0 Å². The maximum Gasteiger partial charge on any atom is 0.145 e. The van der Waals surface area contributed by atoms with Gasteiger partial charge >= 0.3 is 0 Å². The molecule has 0 aliphatic heterocycles. The fourth-order valence-electron chi connectivity index (χ4n) is 7.51. The van der Waals surface area contributed by atoms with Gasteiger partial charge in [0.15, 0.2) is 0 Å². The number of para-hydroxylation sites is 2. The molecule has 0 bridgehead atoms. The zero-order valence-electron chi connectivity index (χ0n) is 26.1. The van der Waals surface area contributed by atoms with Crippen LogP contribution in [0.3, 0.4) is 0 Å². The van der Waals surface area contributed by atoms with Crippen LogP contribution < -0.4 is 0 Å². The Bertz CT molecular complexity index is 2730. The van der Waals surface area contributed by atoms with Crippen molar-refractivity contribution in [3.8, 4) is 45.0 Å². The highest BCUT2D eigenvalue weighted by atomic mass is 15.1. The summed E-state index contributed by atoms with van der Waals surface area (Å²) in [5, 5.41) is 5.15. The van der Waals surface area contributed by atoms with Crippen molar-refractivity contribution in [2.75, 3.05) is 0 Å². The Morgan fingerprint density at radius 2 is 0.958 bits per heavy atom. The van der Waals surface area contributed by atoms with Gasteiger partial charge in [0.25, 0.3) is 0 Å². The number of nitrogens with zero attached hydrogens (tertiary/aromatic N) is 3. The summed E-state index contributed by atoms with van der Waals surface area (Å²) in [6, 6.07) is 63.1. The van der Waals surface area contributed by atoms with E-state index >= 15 is 0 Å². The number of imidazole rings is 1. The summed E-state index contributed by atoms with van der Waals surface area (Å²) in [6.45, 7) is 0. The van der Waals surface area contributed by atoms with Crippen molar-refractivity contribution in [2.24, 2.45) is 0 Å². The van der Waals surface area contributed by atoms with Gasteiger partial charge in [-0.3, -0.25) is 4.57 Å². The average molecular weight is 612 g/mol. The minimum absolute atomic E-state index is 0.945. The molecule has 10 rings (SSSR count). The molecule has 3 heteroatoms. The van der Waals surface area contributed by atoms with Gasteiger partial charge in [-0.25, -0.2) is 4.98 Å². The van der Waals surface area contributed by atoms with Crippen LogP contribution in [-0.2, 0) is 0 Å². The Labute approximate surface area is 277 Å². The van der Waals surface area contributed by atoms with Gasteiger partial charge in [-0.15, -0.1) is 0 Å². The number of aromatic nitrogens is 3. The van der Waals surface area contributed by atoms with Gasteiger partial charge in [-0.1, -0.05) is 127 Å². The van der Waals surface area contributed by atoms with Gasteiger partial charge in [-0.2, -0.15) is 0 Å². The monoisotopic (exact) mass is 611 g/mol. The number of rotatable bonds is 5. The Kier molecular flexibility index (Phi) is 5.87. The maximum atomic E-state index is 5.04. The Hall–Kier alpha value is -6.45. The van der Waals surface area contributed by atoms with E-state index in [2.05, 4.69) is 179 Å². The van der Waals surface area contributed by atoms with E-state index in [9.17, 15) is 0 Å². The first-order valence-electron chi connectivity index (χ1n) is 16.4. The lowest BCUT2D eigenvalue weighted by Crippen LogP contribution is -1.97. The van der Waals surface area contributed by atoms with Gasteiger partial charge in [0, 0.05) is 27.7 Å². The molecule has 8 aromatic carbocycles. The average Bonchev–Trinajstić information content (AvgIpc) is 3.72. The number of hydrogen-bond acceptors (Lipinski definition) is 1. The summed E-state index contributed by atoms with van der Waals surface area (Å²) in [5.74, 6) is 0.945. The molecule has 0 atom stereocenters. The second kappa shape index (κ2) is 10.5. The highest BCUT2D eigenvalue weighted by Crippen LogP contribution is 2.43. The van der Waals surface area contributed by atoms with Crippen LogP contribution in [0.1, 0.15) is 0 Å². The molecule has 0 N–H and O–H groups in total. The fourth-order valence-corrected chi connectivity index (χ4v) is 7.51. The van der Waals surface area contributed by atoms with Crippen molar-refractivity contribution in [1.82, 2.24) is 14.1 Å². The van der Waals surface area contributed by atoms with Gasteiger partial charge in [0.2, 0.25) is 0 Å². The van der Waals surface area contributed by atoms with Crippen LogP contribution in [0.15, 0.2) is 176 Å². The number of fused-ring (bicyclic) bond motifs is 1. The van der Waals surface area contributed by atoms with E-state index in [1.807, 2.05) is 6.07 Å². The highest BCUT2D eigenvalue weighted by Gasteiger charge is 2.19. The van der Waals surface area contributed by atoms with Crippen molar-refractivity contribution in [2.45, 2.75) is 0 Å². The minimum Gasteiger partial charge on any atom is -0.309 e. The first-order valence-corrected chi connectivity index (χ1v) is 16.4. The van der Waals surface area contributed by atoms with Crippen LogP contribution in [0.2, 0.25) is 0 Å². The highest BCUT2D eigenvalue weighted by molar-refractivity contribution is 6.26. The zero-order valence-corrected chi connectivity index (χ0v) is 26.1. The SMILES string of the molecule is c1ccc(-c2ccc(-n3c4cccc5ccc6c(-c7ccc(-n8c(-c9ccccc9)nc9ccccc98)cc7)ccc3c6c54)cc2)cc1. The largest absolute Gasteiger partial charge is 0.309 e. The molecule has 2 heterocycles. The van der Waals surface area contributed by atoms with Crippen LogP contribution in [-0.4, -0.2) is 14.1 Å². The van der Waals surface area contributed by atoms with Crippen LogP contribution in [0.4, 0.5) is 0 Å². The lowest BCUT2D eigenvalue weighted by Gasteiger charge is -2.13.